The second-order valence-electron chi connectivity index (χ2n) is 5.40. The van der Waals surface area contributed by atoms with Gasteiger partial charge in [-0.3, -0.25) is 0 Å². The first-order chi connectivity index (χ1) is 13.1. The van der Waals surface area contributed by atoms with Crippen molar-refractivity contribution in [1.82, 2.24) is 4.98 Å². The van der Waals surface area contributed by atoms with Crippen LogP contribution in [0.4, 0.5) is 5.69 Å². The number of anilines is 1. The predicted molar refractivity (Wildman–Crippen MR) is 96.7 cm³/mol. The molecule has 5 N–H and O–H groups in total. The Labute approximate surface area is 156 Å². The van der Waals surface area contributed by atoms with Crippen molar-refractivity contribution in [3.05, 3.63) is 69.4 Å². The summed E-state index contributed by atoms with van der Waals surface area (Å²) in [5, 5.41) is 26.3. The van der Waals surface area contributed by atoms with Crippen molar-refractivity contribution in [2.24, 2.45) is 0 Å². The van der Waals surface area contributed by atoms with Gasteiger partial charge in [0.05, 0.1) is 33.3 Å². The zero-order chi connectivity index (χ0) is 21.0. The van der Waals surface area contributed by atoms with Crippen molar-refractivity contribution in [2.75, 3.05) is 5.73 Å². The third-order valence-corrected chi connectivity index (χ3v) is 3.56. The number of aromatic nitrogens is 1. The van der Waals surface area contributed by atoms with E-state index in [9.17, 15) is 19.2 Å². The molecule has 0 saturated heterocycles. The zero-order valence-corrected chi connectivity index (χ0v) is 14.4. The fourth-order valence-corrected chi connectivity index (χ4v) is 2.31. The summed E-state index contributed by atoms with van der Waals surface area (Å²) in [6.07, 6.45) is 0. The lowest BCUT2D eigenvalue weighted by Gasteiger charge is -2.03. The highest BCUT2D eigenvalue weighted by Crippen LogP contribution is 2.17. The summed E-state index contributed by atoms with van der Waals surface area (Å²) in [4.78, 5) is 47.2. The number of para-hydroxylation sites is 2. The highest BCUT2D eigenvalue weighted by atomic mass is 16.4. The molecular formula is C18H14N2O8. The van der Waals surface area contributed by atoms with Crippen LogP contribution in [0.15, 0.2) is 45.6 Å². The molecule has 2 aromatic carbocycles. The number of nitrogens with two attached hydrogens (primary N) is 1. The number of fused-ring (bicyclic) bond motifs is 1. The Bertz CT molecular complexity index is 1120. The van der Waals surface area contributed by atoms with E-state index in [4.69, 9.17) is 25.5 Å². The average Bonchev–Trinajstić information content (AvgIpc) is 2.61. The number of nitrogens with zero attached hydrogens (tertiary/aromatic N) is 1. The Morgan fingerprint density at radius 2 is 1.36 bits per heavy atom. The molecule has 3 rings (SSSR count). The highest BCUT2D eigenvalue weighted by molar-refractivity contribution is 6.02. The minimum atomic E-state index is -1.24. The van der Waals surface area contributed by atoms with Crippen LogP contribution in [0, 0.1) is 6.92 Å². The maximum atomic E-state index is 11.4. The molecule has 0 fully saturated rings. The third kappa shape index (κ3) is 4.12. The van der Waals surface area contributed by atoms with Crippen LogP contribution in [-0.4, -0.2) is 38.2 Å². The Hall–Kier alpha value is -4.21. The van der Waals surface area contributed by atoms with Gasteiger partial charge in [0.2, 0.25) is 0 Å². The van der Waals surface area contributed by atoms with Crippen molar-refractivity contribution in [1.29, 1.82) is 0 Å². The molecule has 0 aliphatic carbocycles. The van der Waals surface area contributed by atoms with Gasteiger partial charge in [0.15, 0.2) is 5.89 Å². The molecule has 0 aliphatic rings. The summed E-state index contributed by atoms with van der Waals surface area (Å²) in [7, 11) is 0. The van der Waals surface area contributed by atoms with Crippen molar-refractivity contribution in [2.45, 2.75) is 6.92 Å². The van der Waals surface area contributed by atoms with Crippen molar-refractivity contribution in [3.63, 3.8) is 0 Å². The maximum absolute atomic E-state index is 11.4. The third-order valence-electron chi connectivity index (χ3n) is 3.56. The van der Waals surface area contributed by atoms with E-state index in [0.717, 1.165) is 0 Å². The van der Waals surface area contributed by atoms with E-state index >= 15 is 0 Å². The van der Waals surface area contributed by atoms with Gasteiger partial charge < -0.3 is 25.5 Å². The number of nitrogen functional groups attached to an aromatic ring is 1. The largest absolute Gasteiger partial charge is 0.478 e. The van der Waals surface area contributed by atoms with Gasteiger partial charge in [-0.2, -0.15) is 0 Å². The Morgan fingerprint density at radius 1 is 0.893 bits per heavy atom. The van der Waals surface area contributed by atoms with E-state index in [1.54, 1.807) is 0 Å². The summed E-state index contributed by atoms with van der Waals surface area (Å²) < 4.78 is 4.77. The molecule has 10 heteroatoms. The van der Waals surface area contributed by atoms with Crippen molar-refractivity contribution >= 4 is 34.5 Å². The van der Waals surface area contributed by atoms with Crippen LogP contribution in [0.3, 0.4) is 0 Å². The Morgan fingerprint density at radius 3 is 1.86 bits per heavy atom. The van der Waals surface area contributed by atoms with Crippen LogP contribution >= 0.6 is 0 Å². The summed E-state index contributed by atoms with van der Waals surface area (Å²) in [6, 6.07) is 8.22. The van der Waals surface area contributed by atoms with Crippen LogP contribution in [0.25, 0.3) is 10.9 Å². The Balaban J connectivity index is 0.000000203. The van der Waals surface area contributed by atoms with Gasteiger partial charge in [-0.1, -0.05) is 12.1 Å². The molecule has 0 amide bonds. The molecule has 1 heterocycles. The summed E-state index contributed by atoms with van der Waals surface area (Å²) in [5.74, 6) is -3.43. The molecule has 0 radical (unpaired) electrons. The van der Waals surface area contributed by atoms with Gasteiger partial charge in [-0.25, -0.2) is 24.2 Å². The second kappa shape index (κ2) is 7.99. The van der Waals surface area contributed by atoms with E-state index in [-0.39, 0.29) is 39.2 Å². The average molecular weight is 386 g/mol. The summed E-state index contributed by atoms with van der Waals surface area (Å²) >= 11 is 0. The van der Waals surface area contributed by atoms with Gasteiger partial charge in [0.25, 0.3) is 0 Å². The van der Waals surface area contributed by atoms with E-state index < -0.39 is 23.5 Å². The number of aryl methyl sites for hydroxylation is 1. The number of carbonyl (C=O) groups is 3. The number of rotatable bonds is 3. The van der Waals surface area contributed by atoms with E-state index in [0.29, 0.717) is 0 Å². The van der Waals surface area contributed by atoms with E-state index in [1.165, 1.54) is 43.3 Å². The van der Waals surface area contributed by atoms with Gasteiger partial charge in [0, 0.05) is 6.92 Å². The number of hydrogen-bond donors (Lipinski definition) is 4. The van der Waals surface area contributed by atoms with Crippen LogP contribution in [-0.2, 0) is 0 Å². The van der Waals surface area contributed by atoms with Crippen LogP contribution in [0.5, 0.6) is 0 Å². The van der Waals surface area contributed by atoms with Gasteiger partial charge in [-0.15, -0.1) is 0 Å². The smallest absolute Gasteiger partial charge is 0.346 e. The predicted octanol–water partition coefficient (Wildman–Crippen LogP) is 1.86. The summed E-state index contributed by atoms with van der Waals surface area (Å²) in [6.45, 7) is 1.50. The lowest BCUT2D eigenvalue weighted by Crippen LogP contribution is -2.08. The first-order valence-electron chi connectivity index (χ1n) is 7.62. The van der Waals surface area contributed by atoms with Crippen molar-refractivity contribution in [3.8, 4) is 0 Å². The summed E-state index contributed by atoms with van der Waals surface area (Å²) in [5.41, 5.74) is 4.31. The minimum Gasteiger partial charge on any atom is -0.478 e. The fraction of sp³-hybridized carbons (Fsp3) is 0.0556. The van der Waals surface area contributed by atoms with Crippen LogP contribution in [0.1, 0.15) is 37.0 Å². The normalized spacial score (nSPS) is 10.0. The van der Waals surface area contributed by atoms with Crippen molar-refractivity contribution < 1.29 is 34.1 Å². The SMILES string of the molecule is Cc1nc2c(C(=O)O)cccc2c(=O)o1.Nc1c(C(=O)O)cccc1C(=O)O. The molecule has 3 aromatic rings. The second-order valence-corrected chi connectivity index (χ2v) is 5.40. The highest BCUT2D eigenvalue weighted by Gasteiger charge is 2.15. The molecule has 1 aromatic heterocycles. The fourth-order valence-electron chi connectivity index (χ4n) is 2.31. The lowest BCUT2D eigenvalue weighted by atomic mass is 10.1. The standard InChI is InChI=1S/C10H7NO4.C8H7NO4/c1-5-11-8-6(9(12)13)3-2-4-7(8)10(14)15-5;9-6-4(7(10)11)2-1-3-5(6)8(12)13/h2-4H,1H3,(H,12,13);1-3H,9H2,(H,10,11)(H,12,13). The molecule has 0 saturated carbocycles. The first kappa shape index (κ1) is 20.1. The number of carboxylic acid groups (broad SMARTS) is 3. The monoisotopic (exact) mass is 386 g/mol. The minimum absolute atomic E-state index is 0.00324. The van der Waals surface area contributed by atoms with Crippen LogP contribution in [0.2, 0.25) is 0 Å². The Kier molecular flexibility index (Phi) is 5.74. The zero-order valence-electron chi connectivity index (χ0n) is 14.4. The number of benzene rings is 2. The molecule has 0 atom stereocenters. The van der Waals surface area contributed by atoms with Gasteiger partial charge in [-0.05, 0) is 24.3 Å². The topological polar surface area (TPSA) is 181 Å². The quantitative estimate of drug-likeness (QED) is 0.485. The molecule has 0 bridgehead atoms. The van der Waals surface area contributed by atoms with Gasteiger partial charge >= 0.3 is 23.5 Å². The van der Waals surface area contributed by atoms with E-state index in [1.807, 2.05) is 0 Å². The molecule has 0 unspecified atom stereocenters. The number of aromatic carboxylic acids is 3. The first-order valence-corrected chi connectivity index (χ1v) is 7.62. The number of carboxylic acids is 3. The molecule has 144 valence electrons. The lowest BCUT2D eigenvalue weighted by molar-refractivity contribution is 0.0684. The molecule has 10 nitrogen and oxygen atoms in total. The van der Waals surface area contributed by atoms with Gasteiger partial charge in [0.1, 0.15) is 0 Å². The molecule has 0 spiro atoms. The molecule has 0 aliphatic heterocycles. The molecular weight excluding hydrogens is 372 g/mol. The number of hydrogen-bond acceptors (Lipinski definition) is 7. The van der Waals surface area contributed by atoms with E-state index in [2.05, 4.69) is 4.98 Å². The molecule has 28 heavy (non-hydrogen) atoms. The maximum Gasteiger partial charge on any atom is 0.346 e. The van der Waals surface area contributed by atoms with Crippen LogP contribution < -0.4 is 11.4 Å².